The summed E-state index contributed by atoms with van der Waals surface area (Å²) in [6, 6.07) is 9.37. The number of carbonyl (C=O) groups is 1. The van der Waals surface area contributed by atoms with Gasteiger partial charge in [0.25, 0.3) is 5.91 Å². The number of ether oxygens (including phenoxy) is 1. The zero-order chi connectivity index (χ0) is 21.0. The Morgan fingerprint density at radius 3 is 2.66 bits per heavy atom. The normalized spacial score (nSPS) is 13.1. The highest BCUT2D eigenvalue weighted by atomic mass is 35.5. The Kier molecular flexibility index (Phi) is 6.50. The molecule has 0 aromatic heterocycles. The van der Waals surface area contributed by atoms with E-state index in [0.29, 0.717) is 10.7 Å². The molecule has 3 rings (SSSR count). The van der Waals surface area contributed by atoms with E-state index in [9.17, 15) is 14.9 Å². The van der Waals surface area contributed by atoms with Crippen molar-refractivity contribution in [1.82, 2.24) is 5.32 Å². The third kappa shape index (κ3) is 4.75. The maximum absolute atomic E-state index is 12.5. The van der Waals surface area contributed by atoms with Crippen LogP contribution in [0.2, 0.25) is 5.02 Å². The zero-order valence-corrected chi connectivity index (χ0v) is 17.2. The van der Waals surface area contributed by atoms with E-state index in [1.54, 1.807) is 12.1 Å². The van der Waals surface area contributed by atoms with E-state index in [2.05, 4.69) is 15.5 Å². The summed E-state index contributed by atoms with van der Waals surface area (Å²) < 4.78 is 4.95. The van der Waals surface area contributed by atoms with Crippen LogP contribution in [-0.2, 0) is 0 Å². The van der Waals surface area contributed by atoms with Gasteiger partial charge in [0, 0.05) is 24.7 Å². The third-order valence-electron chi connectivity index (χ3n) is 4.52. The van der Waals surface area contributed by atoms with Gasteiger partial charge in [0.1, 0.15) is 0 Å². The first-order valence-electron chi connectivity index (χ1n) is 8.89. The van der Waals surface area contributed by atoms with Gasteiger partial charge in [0.05, 0.1) is 28.4 Å². The number of anilines is 2. The average Bonchev–Trinajstić information content (AvgIpc) is 3.21. The van der Waals surface area contributed by atoms with Gasteiger partial charge in [-0.1, -0.05) is 17.7 Å². The highest BCUT2D eigenvalue weighted by Crippen LogP contribution is 2.36. The predicted octanol–water partition coefficient (Wildman–Crippen LogP) is 3.98. The van der Waals surface area contributed by atoms with Crippen molar-refractivity contribution in [3.63, 3.8) is 0 Å². The molecule has 0 saturated carbocycles. The Hall–Kier alpha value is -2.91. The minimum Gasteiger partial charge on any atom is -0.490 e. The summed E-state index contributed by atoms with van der Waals surface area (Å²) >= 11 is 11.6. The minimum atomic E-state index is -0.611. The van der Waals surface area contributed by atoms with E-state index in [1.165, 1.54) is 19.2 Å². The molecule has 1 saturated heterocycles. The standard InChI is InChI=1S/C19H19ClN4O4S/c1-28-16-8-7-12(11-15(16)24(26)27)18(25)22-19(29)21-14-6-4-5-13(20)17(14)23-9-2-3-10-23/h4-8,11H,2-3,9-10H2,1H3,(H2,21,22,25,29). The molecule has 1 heterocycles. The fourth-order valence-corrected chi connectivity index (χ4v) is 3.68. The SMILES string of the molecule is COc1ccc(C(=O)NC(=S)Nc2cccc(Cl)c2N2CCCC2)cc1[N+](=O)[O-]. The van der Waals surface area contributed by atoms with Crippen LogP contribution in [0.15, 0.2) is 36.4 Å². The molecule has 1 aliphatic heterocycles. The van der Waals surface area contributed by atoms with Gasteiger partial charge in [-0.25, -0.2) is 0 Å². The number of thiocarbonyl (C=S) groups is 1. The zero-order valence-electron chi connectivity index (χ0n) is 15.6. The number of hydrogen-bond acceptors (Lipinski definition) is 6. The Labute approximate surface area is 177 Å². The lowest BCUT2D eigenvalue weighted by molar-refractivity contribution is -0.385. The molecule has 29 heavy (non-hydrogen) atoms. The molecule has 1 fully saturated rings. The van der Waals surface area contributed by atoms with Crippen LogP contribution in [0.25, 0.3) is 0 Å². The topological polar surface area (TPSA) is 96.7 Å². The van der Waals surface area contributed by atoms with Crippen molar-refractivity contribution in [1.29, 1.82) is 0 Å². The molecule has 10 heteroatoms. The first kappa shape index (κ1) is 20.8. The van der Waals surface area contributed by atoms with Gasteiger partial charge < -0.3 is 15.0 Å². The van der Waals surface area contributed by atoms with E-state index >= 15 is 0 Å². The minimum absolute atomic E-state index is 0.0659. The molecule has 0 spiro atoms. The molecule has 0 radical (unpaired) electrons. The van der Waals surface area contributed by atoms with Gasteiger partial charge in [-0.05, 0) is 49.3 Å². The number of halogens is 1. The number of carbonyl (C=O) groups excluding carboxylic acids is 1. The number of nitro benzene ring substituents is 1. The Morgan fingerprint density at radius 2 is 2.00 bits per heavy atom. The molecule has 2 N–H and O–H groups in total. The number of benzene rings is 2. The number of hydrogen-bond donors (Lipinski definition) is 2. The highest BCUT2D eigenvalue weighted by molar-refractivity contribution is 7.80. The number of methoxy groups -OCH3 is 1. The van der Waals surface area contributed by atoms with Gasteiger partial charge in [-0.3, -0.25) is 20.2 Å². The molecule has 0 aliphatic carbocycles. The number of rotatable bonds is 5. The molecular formula is C19H19ClN4O4S. The summed E-state index contributed by atoms with van der Waals surface area (Å²) in [6.07, 6.45) is 2.17. The Morgan fingerprint density at radius 1 is 1.28 bits per heavy atom. The number of amides is 1. The van der Waals surface area contributed by atoms with Crippen LogP contribution < -0.4 is 20.3 Å². The van der Waals surface area contributed by atoms with Crippen LogP contribution in [0.4, 0.5) is 17.1 Å². The van der Waals surface area contributed by atoms with E-state index in [0.717, 1.165) is 37.7 Å². The largest absolute Gasteiger partial charge is 0.490 e. The molecule has 2 aromatic carbocycles. The van der Waals surface area contributed by atoms with Crippen LogP contribution >= 0.6 is 23.8 Å². The number of nitrogens with zero attached hydrogens (tertiary/aromatic N) is 2. The summed E-state index contributed by atoms with van der Waals surface area (Å²) in [7, 11) is 1.32. The molecule has 0 unspecified atom stereocenters. The van der Waals surface area contributed by atoms with Crippen LogP contribution in [-0.4, -0.2) is 36.1 Å². The average molecular weight is 435 g/mol. The molecular weight excluding hydrogens is 416 g/mol. The summed E-state index contributed by atoms with van der Waals surface area (Å²) in [5.74, 6) is -0.501. The molecule has 0 atom stereocenters. The number of nitrogens with one attached hydrogen (secondary N) is 2. The van der Waals surface area contributed by atoms with Crippen LogP contribution in [0.3, 0.4) is 0 Å². The van der Waals surface area contributed by atoms with E-state index < -0.39 is 10.8 Å². The fraction of sp³-hybridized carbons (Fsp3) is 0.263. The van der Waals surface area contributed by atoms with Crippen molar-refractivity contribution in [2.24, 2.45) is 0 Å². The van der Waals surface area contributed by atoms with Crippen LogP contribution in [0, 0.1) is 10.1 Å². The monoisotopic (exact) mass is 434 g/mol. The van der Waals surface area contributed by atoms with Crippen molar-refractivity contribution in [2.45, 2.75) is 12.8 Å². The summed E-state index contributed by atoms with van der Waals surface area (Å²) in [5.41, 5.74) is 1.31. The number of para-hydroxylation sites is 1. The smallest absolute Gasteiger partial charge is 0.311 e. The lowest BCUT2D eigenvalue weighted by Gasteiger charge is -2.23. The van der Waals surface area contributed by atoms with Gasteiger partial charge >= 0.3 is 5.69 Å². The molecule has 0 bridgehead atoms. The lowest BCUT2D eigenvalue weighted by atomic mass is 10.1. The van der Waals surface area contributed by atoms with E-state index in [-0.39, 0.29) is 22.1 Å². The highest BCUT2D eigenvalue weighted by Gasteiger charge is 2.21. The molecule has 152 valence electrons. The van der Waals surface area contributed by atoms with Crippen molar-refractivity contribution in [3.8, 4) is 5.75 Å². The van der Waals surface area contributed by atoms with Crippen molar-refractivity contribution in [2.75, 3.05) is 30.4 Å². The molecule has 8 nitrogen and oxygen atoms in total. The molecule has 1 aliphatic rings. The maximum Gasteiger partial charge on any atom is 0.311 e. The van der Waals surface area contributed by atoms with Gasteiger partial charge in [-0.15, -0.1) is 0 Å². The van der Waals surface area contributed by atoms with Gasteiger partial charge in [-0.2, -0.15) is 0 Å². The second-order valence-corrected chi connectivity index (χ2v) is 7.20. The van der Waals surface area contributed by atoms with Crippen LogP contribution in [0.1, 0.15) is 23.2 Å². The summed E-state index contributed by atoms with van der Waals surface area (Å²) in [5, 5.41) is 17.4. The summed E-state index contributed by atoms with van der Waals surface area (Å²) in [4.78, 5) is 25.2. The van der Waals surface area contributed by atoms with E-state index in [4.69, 9.17) is 28.6 Å². The van der Waals surface area contributed by atoms with Crippen molar-refractivity contribution in [3.05, 3.63) is 57.1 Å². The lowest BCUT2D eigenvalue weighted by Crippen LogP contribution is -2.34. The first-order valence-corrected chi connectivity index (χ1v) is 9.67. The summed E-state index contributed by atoms with van der Waals surface area (Å²) in [6.45, 7) is 1.79. The van der Waals surface area contributed by atoms with Crippen molar-refractivity contribution < 1.29 is 14.5 Å². The predicted molar refractivity (Wildman–Crippen MR) is 116 cm³/mol. The molecule has 1 amide bonds. The van der Waals surface area contributed by atoms with Crippen LogP contribution in [0.5, 0.6) is 5.75 Å². The van der Waals surface area contributed by atoms with Gasteiger partial charge in [0.15, 0.2) is 10.9 Å². The Bertz CT molecular complexity index is 963. The fourth-order valence-electron chi connectivity index (χ4n) is 3.18. The van der Waals surface area contributed by atoms with Gasteiger partial charge in [0.2, 0.25) is 0 Å². The van der Waals surface area contributed by atoms with Crippen molar-refractivity contribution >= 4 is 51.9 Å². The quantitative estimate of drug-likeness (QED) is 0.417. The second kappa shape index (κ2) is 9.06. The maximum atomic E-state index is 12.5. The Balaban J connectivity index is 1.75. The third-order valence-corrected chi connectivity index (χ3v) is 5.03. The molecule has 2 aromatic rings. The first-order chi connectivity index (χ1) is 13.9. The number of nitro groups is 1. The van der Waals surface area contributed by atoms with E-state index in [1.807, 2.05) is 6.07 Å². The second-order valence-electron chi connectivity index (χ2n) is 6.38.